The molecule has 1 aromatic carbocycles. The zero-order valence-corrected chi connectivity index (χ0v) is 9.16. The Morgan fingerprint density at radius 3 is 2.20 bits per heavy atom. The summed E-state index contributed by atoms with van der Waals surface area (Å²) < 4.78 is 0. The minimum absolute atomic E-state index is 0. The Balaban J connectivity index is 0. The van der Waals surface area contributed by atoms with Crippen molar-refractivity contribution in [2.45, 2.75) is 0 Å². The van der Waals surface area contributed by atoms with Crippen LogP contribution < -0.4 is 51.4 Å². The Morgan fingerprint density at radius 1 is 1.30 bits per heavy atom. The average Bonchev–Trinajstić information content (AvgIpc) is 1.90. The standard InChI is InChI=1S/C8H8O.K.H/c1-2-7-3-5-8(9)6-4-7;;/h2-6,9H,1H2;;/q;+1;-1. The molecule has 0 aliphatic rings. The normalized spacial score (nSPS) is 8.00. The Hall–Kier alpha value is 0.396. The molecule has 0 bridgehead atoms. The van der Waals surface area contributed by atoms with Crippen LogP contribution in [0.3, 0.4) is 0 Å². The average molecular weight is 160 g/mol. The molecule has 48 valence electrons. The number of benzene rings is 1. The van der Waals surface area contributed by atoms with Crippen molar-refractivity contribution in [3.63, 3.8) is 0 Å². The molecular formula is C8H9KO. The van der Waals surface area contributed by atoms with Crippen LogP contribution in [0.4, 0.5) is 0 Å². The van der Waals surface area contributed by atoms with E-state index in [0.717, 1.165) is 5.56 Å². The van der Waals surface area contributed by atoms with Crippen LogP contribution in [0, 0.1) is 0 Å². The van der Waals surface area contributed by atoms with Gasteiger partial charge >= 0.3 is 51.4 Å². The summed E-state index contributed by atoms with van der Waals surface area (Å²) in [5, 5.41) is 8.82. The maximum absolute atomic E-state index is 8.82. The molecule has 0 atom stereocenters. The number of phenolic OH excluding ortho intramolecular Hbond substituents is 1. The van der Waals surface area contributed by atoms with E-state index in [0.29, 0.717) is 5.75 Å². The van der Waals surface area contributed by atoms with E-state index in [1.54, 1.807) is 18.2 Å². The molecule has 1 aromatic rings. The van der Waals surface area contributed by atoms with Crippen molar-refractivity contribution in [1.29, 1.82) is 0 Å². The summed E-state index contributed by atoms with van der Waals surface area (Å²) >= 11 is 0. The van der Waals surface area contributed by atoms with Crippen LogP contribution in [-0.2, 0) is 0 Å². The SMILES string of the molecule is C=Cc1ccc(O)cc1.[H-].[K+]. The Morgan fingerprint density at radius 2 is 1.80 bits per heavy atom. The molecule has 0 aromatic heterocycles. The second-order valence-electron chi connectivity index (χ2n) is 1.80. The summed E-state index contributed by atoms with van der Waals surface area (Å²) in [6.45, 7) is 3.58. The number of hydrogen-bond donors (Lipinski definition) is 1. The van der Waals surface area contributed by atoms with Crippen LogP contribution in [0.2, 0.25) is 0 Å². The third kappa shape index (κ3) is 2.99. The van der Waals surface area contributed by atoms with Gasteiger partial charge in [-0.15, -0.1) is 0 Å². The summed E-state index contributed by atoms with van der Waals surface area (Å²) in [5.74, 6) is 0.292. The first kappa shape index (κ1) is 10.4. The maximum Gasteiger partial charge on any atom is 1.00 e. The van der Waals surface area contributed by atoms with Gasteiger partial charge in [0.15, 0.2) is 0 Å². The van der Waals surface area contributed by atoms with E-state index in [1.807, 2.05) is 12.1 Å². The van der Waals surface area contributed by atoms with Gasteiger partial charge in [-0.3, -0.25) is 0 Å². The van der Waals surface area contributed by atoms with Gasteiger partial charge in [0, 0.05) is 0 Å². The molecule has 0 saturated carbocycles. The van der Waals surface area contributed by atoms with Gasteiger partial charge in [-0.2, -0.15) is 0 Å². The molecule has 1 nitrogen and oxygen atoms in total. The smallest absolute Gasteiger partial charge is 1.00 e. The predicted molar refractivity (Wildman–Crippen MR) is 39.3 cm³/mol. The first-order valence-corrected chi connectivity index (χ1v) is 2.74. The van der Waals surface area contributed by atoms with Crippen molar-refractivity contribution >= 4 is 6.08 Å². The van der Waals surface area contributed by atoms with Crippen LogP contribution in [0.1, 0.15) is 6.99 Å². The van der Waals surface area contributed by atoms with E-state index in [2.05, 4.69) is 6.58 Å². The van der Waals surface area contributed by atoms with E-state index in [-0.39, 0.29) is 52.8 Å². The van der Waals surface area contributed by atoms with E-state index < -0.39 is 0 Å². The minimum Gasteiger partial charge on any atom is -1.00 e. The fourth-order valence-electron chi connectivity index (χ4n) is 0.610. The molecule has 0 amide bonds. The van der Waals surface area contributed by atoms with Crippen LogP contribution in [0.5, 0.6) is 5.75 Å². The van der Waals surface area contributed by atoms with Gasteiger partial charge in [-0.25, -0.2) is 0 Å². The monoisotopic (exact) mass is 160 g/mol. The maximum atomic E-state index is 8.82. The second-order valence-corrected chi connectivity index (χ2v) is 1.80. The van der Waals surface area contributed by atoms with Crippen molar-refractivity contribution in [1.82, 2.24) is 0 Å². The third-order valence-electron chi connectivity index (χ3n) is 1.13. The molecule has 10 heavy (non-hydrogen) atoms. The molecule has 0 radical (unpaired) electrons. The zero-order chi connectivity index (χ0) is 6.69. The number of phenols is 1. The Kier molecular flexibility index (Phi) is 5.30. The summed E-state index contributed by atoms with van der Waals surface area (Å²) in [4.78, 5) is 0. The second kappa shape index (κ2) is 5.10. The van der Waals surface area contributed by atoms with Gasteiger partial charge in [0.1, 0.15) is 5.75 Å². The fraction of sp³-hybridized carbons (Fsp3) is 0. The molecular weight excluding hydrogens is 151 g/mol. The minimum atomic E-state index is 0. The van der Waals surface area contributed by atoms with Crippen molar-refractivity contribution in [2.75, 3.05) is 0 Å². The van der Waals surface area contributed by atoms with E-state index in [4.69, 9.17) is 5.11 Å². The van der Waals surface area contributed by atoms with Gasteiger partial charge in [-0.1, -0.05) is 24.8 Å². The number of aromatic hydroxyl groups is 1. The fourth-order valence-corrected chi connectivity index (χ4v) is 0.610. The molecule has 2 heteroatoms. The van der Waals surface area contributed by atoms with Gasteiger partial charge in [0.2, 0.25) is 0 Å². The molecule has 0 aliphatic heterocycles. The quantitative estimate of drug-likeness (QED) is 0.531. The molecule has 0 spiro atoms. The van der Waals surface area contributed by atoms with Crippen LogP contribution in [-0.4, -0.2) is 5.11 Å². The number of hydrogen-bond acceptors (Lipinski definition) is 1. The Labute approximate surface area is 105 Å². The molecule has 0 aliphatic carbocycles. The van der Waals surface area contributed by atoms with E-state index in [9.17, 15) is 0 Å². The molecule has 0 heterocycles. The topological polar surface area (TPSA) is 20.2 Å². The Bertz CT molecular complexity index is 208. The summed E-state index contributed by atoms with van der Waals surface area (Å²) in [6, 6.07) is 6.89. The van der Waals surface area contributed by atoms with Crippen molar-refractivity contribution in [3.8, 4) is 5.75 Å². The first-order valence-electron chi connectivity index (χ1n) is 2.74. The van der Waals surface area contributed by atoms with Crippen LogP contribution in [0.25, 0.3) is 6.08 Å². The van der Waals surface area contributed by atoms with Gasteiger partial charge in [-0.05, 0) is 17.7 Å². The summed E-state index contributed by atoms with van der Waals surface area (Å²) in [5.41, 5.74) is 1.02. The summed E-state index contributed by atoms with van der Waals surface area (Å²) in [6.07, 6.45) is 1.74. The van der Waals surface area contributed by atoms with Crippen LogP contribution >= 0.6 is 0 Å². The molecule has 1 N–H and O–H groups in total. The predicted octanol–water partition coefficient (Wildman–Crippen LogP) is -0.848. The first-order chi connectivity index (χ1) is 4.33. The van der Waals surface area contributed by atoms with E-state index >= 15 is 0 Å². The van der Waals surface area contributed by atoms with E-state index in [1.165, 1.54) is 0 Å². The van der Waals surface area contributed by atoms with Crippen molar-refractivity contribution < 1.29 is 57.9 Å². The van der Waals surface area contributed by atoms with Crippen molar-refractivity contribution in [2.24, 2.45) is 0 Å². The molecule has 1 rings (SSSR count). The van der Waals surface area contributed by atoms with Crippen LogP contribution in [0.15, 0.2) is 30.8 Å². The van der Waals surface area contributed by atoms with Gasteiger partial charge < -0.3 is 6.53 Å². The largest absolute Gasteiger partial charge is 1.00 e. The van der Waals surface area contributed by atoms with Gasteiger partial charge in [0.05, 0.1) is 0 Å². The summed E-state index contributed by atoms with van der Waals surface area (Å²) in [7, 11) is 0. The molecule has 0 unspecified atom stereocenters. The third-order valence-corrected chi connectivity index (χ3v) is 1.13. The number of rotatable bonds is 1. The zero-order valence-electron chi connectivity index (χ0n) is 7.04. The van der Waals surface area contributed by atoms with Gasteiger partial charge in [0.25, 0.3) is 0 Å². The van der Waals surface area contributed by atoms with Crippen molar-refractivity contribution in [3.05, 3.63) is 36.4 Å². The molecule has 0 fully saturated rings. The molecule has 0 saturated heterocycles.